The summed E-state index contributed by atoms with van der Waals surface area (Å²) in [5.41, 5.74) is 0. The molecule has 0 unspecified atom stereocenters. The van der Waals surface area contributed by atoms with Gasteiger partial charge in [0.05, 0.1) is 0 Å². The van der Waals surface area contributed by atoms with E-state index >= 15 is 0 Å². The van der Waals surface area contributed by atoms with Gasteiger partial charge in [0.2, 0.25) is 0 Å². The monoisotopic (exact) mass is 249 g/mol. The van der Waals surface area contributed by atoms with Crippen LogP contribution in [0.1, 0.15) is 30.6 Å². The van der Waals surface area contributed by atoms with Crippen molar-refractivity contribution in [3.05, 3.63) is 35.0 Å². The lowest BCUT2D eigenvalue weighted by Gasteiger charge is -2.27. The van der Waals surface area contributed by atoms with Gasteiger partial charge >= 0.3 is 0 Å². The highest BCUT2D eigenvalue weighted by Crippen LogP contribution is 2.36. The number of thiophene rings is 1. The van der Waals surface area contributed by atoms with Crippen LogP contribution in [0.25, 0.3) is 10.1 Å². The van der Waals surface area contributed by atoms with Gasteiger partial charge in [-0.2, -0.15) is 0 Å². The van der Waals surface area contributed by atoms with Crippen LogP contribution < -0.4 is 5.32 Å². The minimum absolute atomic E-state index is 0.138. The standard InChI is InChI=1S/C14H16FNS/c1-9-6-10(4-5-16-9)14-8-11-7-12(15)2-3-13(11)17-14/h2-3,7-10,16H,4-6H2,1H3/t9-,10+/m0/s1. The van der Waals surface area contributed by atoms with Crippen LogP contribution in [0, 0.1) is 5.82 Å². The zero-order valence-corrected chi connectivity index (χ0v) is 10.7. The summed E-state index contributed by atoms with van der Waals surface area (Å²) in [6.07, 6.45) is 2.38. The van der Waals surface area contributed by atoms with Gasteiger partial charge in [-0.15, -0.1) is 11.3 Å². The molecule has 1 aromatic carbocycles. The fourth-order valence-corrected chi connectivity index (χ4v) is 3.82. The van der Waals surface area contributed by atoms with Crippen molar-refractivity contribution in [1.82, 2.24) is 5.32 Å². The Bertz CT molecular complexity index is 534. The Morgan fingerprint density at radius 2 is 2.24 bits per heavy atom. The van der Waals surface area contributed by atoms with E-state index in [-0.39, 0.29) is 5.82 Å². The van der Waals surface area contributed by atoms with Crippen LogP contribution in [0.15, 0.2) is 24.3 Å². The number of halogens is 1. The van der Waals surface area contributed by atoms with Crippen LogP contribution >= 0.6 is 11.3 Å². The molecule has 17 heavy (non-hydrogen) atoms. The van der Waals surface area contributed by atoms with Gasteiger partial charge in [0.25, 0.3) is 0 Å². The maximum absolute atomic E-state index is 13.1. The van der Waals surface area contributed by atoms with Crippen molar-refractivity contribution in [3.8, 4) is 0 Å². The molecule has 1 fully saturated rings. The first-order chi connectivity index (χ1) is 8.22. The van der Waals surface area contributed by atoms with Crippen LogP contribution in [-0.4, -0.2) is 12.6 Å². The van der Waals surface area contributed by atoms with Gasteiger partial charge in [0.1, 0.15) is 5.82 Å². The molecule has 1 aliphatic heterocycles. The Hall–Kier alpha value is -0.930. The third-order valence-electron chi connectivity index (χ3n) is 3.52. The smallest absolute Gasteiger partial charge is 0.123 e. The molecule has 2 atom stereocenters. The van der Waals surface area contributed by atoms with E-state index < -0.39 is 0 Å². The predicted octanol–water partition coefficient (Wildman–Crippen LogP) is 3.90. The number of benzene rings is 1. The van der Waals surface area contributed by atoms with Gasteiger partial charge in [-0.25, -0.2) is 4.39 Å². The van der Waals surface area contributed by atoms with Crippen molar-refractivity contribution < 1.29 is 4.39 Å². The molecule has 1 saturated heterocycles. The molecular formula is C14H16FNS. The maximum atomic E-state index is 13.1. The topological polar surface area (TPSA) is 12.0 Å². The lowest BCUT2D eigenvalue weighted by molar-refractivity contribution is 0.384. The molecule has 1 N–H and O–H groups in total. The molecule has 1 aromatic heterocycles. The molecule has 3 rings (SSSR count). The van der Waals surface area contributed by atoms with Crippen LogP contribution in [0.3, 0.4) is 0 Å². The molecule has 90 valence electrons. The Morgan fingerprint density at radius 3 is 3.06 bits per heavy atom. The first-order valence-electron chi connectivity index (χ1n) is 6.15. The van der Waals surface area contributed by atoms with Gasteiger partial charge in [0.15, 0.2) is 0 Å². The van der Waals surface area contributed by atoms with Crippen molar-refractivity contribution >= 4 is 21.4 Å². The normalized spacial score (nSPS) is 25.3. The fourth-order valence-electron chi connectivity index (χ4n) is 2.63. The molecule has 0 saturated carbocycles. The third kappa shape index (κ3) is 2.22. The van der Waals surface area contributed by atoms with Gasteiger partial charge in [0, 0.05) is 15.6 Å². The summed E-state index contributed by atoms with van der Waals surface area (Å²) < 4.78 is 14.3. The number of piperidine rings is 1. The van der Waals surface area contributed by atoms with E-state index in [9.17, 15) is 4.39 Å². The Morgan fingerprint density at radius 1 is 1.35 bits per heavy atom. The van der Waals surface area contributed by atoms with E-state index in [1.165, 1.54) is 22.4 Å². The maximum Gasteiger partial charge on any atom is 0.123 e. The quantitative estimate of drug-likeness (QED) is 0.808. The van der Waals surface area contributed by atoms with Gasteiger partial charge in [-0.3, -0.25) is 0 Å². The fraction of sp³-hybridized carbons (Fsp3) is 0.429. The van der Waals surface area contributed by atoms with Gasteiger partial charge in [-0.1, -0.05) is 0 Å². The van der Waals surface area contributed by atoms with E-state index in [1.54, 1.807) is 12.1 Å². The van der Waals surface area contributed by atoms with Gasteiger partial charge < -0.3 is 5.32 Å². The summed E-state index contributed by atoms with van der Waals surface area (Å²) in [6, 6.07) is 7.85. The van der Waals surface area contributed by atoms with E-state index in [0.29, 0.717) is 12.0 Å². The number of hydrogen-bond donors (Lipinski definition) is 1. The Balaban J connectivity index is 1.94. The molecule has 1 nitrogen and oxygen atoms in total. The number of rotatable bonds is 1. The summed E-state index contributed by atoms with van der Waals surface area (Å²) in [5.74, 6) is 0.507. The van der Waals surface area contributed by atoms with Crippen molar-refractivity contribution in [2.24, 2.45) is 0 Å². The highest BCUT2D eigenvalue weighted by atomic mass is 32.1. The largest absolute Gasteiger partial charge is 0.314 e. The third-order valence-corrected chi connectivity index (χ3v) is 4.80. The summed E-state index contributed by atoms with van der Waals surface area (Å²) >= 11 is 1.82. The molecule has 0 aliphatic carbocycles. The van der Waals surface area contributed by atoms with Crippen molar-refractivity contribution in [1.29, 1.82) is 0 Å². The van der Waals surface area contributed by atoms with Crippen LogP contribution in [0.5, 0.6) is 0 Å². The number of fused-ring (bicyclic) bond motifs is 1. The van der Waals surface area contributed by atoms with Crippen LogP contribution in [0.4, 0.5) is 4.39 Å². The Kier molecular flexibility index (Phi) is 2.89. The summed E-state index contributed by atoms with van der Waals surface area (Å²) in [7, 11) is 0. The highest BCUT2D eigenvalue weighted by Gasteiger charge is 2.21. The summed E-state index contributed by atoms with van der Waals surface area (Å²) in [6.45, 7) is 3.33. The van der Waals surface area contributed by atoms with E-state index in [4.69, 9.17) is 0 Å². The first-order valence-corrected chi connectivity index (χ1v) is 6.96. The van der Waals surface area contributed by atoms with Crippen LogP contribution in [0.2, 0.25) is 0 Å². The SMILES string of the molecule is C[C@H]1C[C@H](c2cc3cc(F)ccc3s2)CCN1. The first kappa shape index (κ1) is 11.2. The second-order valence-electron chi connectivity index (χ2n) is 4.91. The Labute approximate surface area is 105 Å². The zero-order chi connectivity index (χ0) is 11.8. The molecule has 3 heteroatoms. The summed E-state index contributed by atoms with van der Waals surface area (Å²) in [5, 5.41) is 4.52. The van der Waals surface area contributed by atoms with Gasteiger partial charge in [-0.05, 0) is 61.9 Å². The molecule has 0 amide bonds. The minimum Gasteiger partial charge on any atom is -0.314 e. The molecule has 2 aromatic rings. The number of hydrogen-bond acceptors (Lipinski definition) is 2. The van der Waals surface area contributed by atoms with E-state index in [0.717, 1.165) is 11.9 Å². The second kappa shape index (κ2) is 4.39. The lowest BCUT2D eigenvalue weighted by Crippen LogP contribution is -2.34. The zero-order valence-electron chi connectivity index (χ0n) is 9.87. The molecule has 0 bridgehead atoms. The molecular weight excluding hydrogens is 233 g/mol. The molecule has 1 aliphatic rings. The molecule has 0 spiro atoms. The highest BCUT2D eigenvalue weighted by molar-refractivity contribution is 7.19. The van der Waals surface area contributed by atoms with Crippen LogP contribution in [-0.2, 0) is 0 Å². The average molecular weight is 249 g/mol. The minimum atomic E-state index is -0.138. The second-order valence-corrected chi connectivity index (χ2v) is 6.02. The summed E-state index contributed by atoms with van der Waals surface area (Å²) in [4.78, 5) is 1.42. The van der Waals surface area contributed by atoms with Crippen molar-refractivity contribution in [3.63, 3.8) is 0 Å². The predicted molar refractivity (Wildman–Crippen MR) is 71.2 cm³/mol. The van der Waals surface area contributed by atoms with E-state index in [1.807, 2.05) is 17.4 Å². The average Bonchev–Trinajstić information content (AvgIpc) is 2.72. The molecule has 0 radical (unpaired) electrons. The lowest BCUT2D eigenvalue weighted by atomic mass is 9.92. The van der Waals surface area contributed by atoms with Crippen molar-refractivity contribution in [2.75, 3.05) is 6.54 Å². The van der Waals surface area contributed by atoms with E-state index in [2.05, 4.69) is 18.3 Å². The number of nitrogens with one attached hydrogen (secondary N) is 1. The van der Waals surface area contributed by atoms with Crippen molar-refractivity contribution in [2.45, 2.75) is 31.7 Å². The molecule has 2 heterocycles.